The molecule has 2 heterocycles. The van der Waals surface area contributed by atoms with Crippen LogP contribution >= 0.6 is 0 Å². The summed E-state index contributed by atoms with van der Waals surface area (Å²) < 4.78 is 4.29. The molecular formula is C20H27N5O. The largest absolute Gasteiger partial charge is 0.335 e. The van der Waals surface area contributed by atoms with Gasteiger partial charge in [-0.1, -0.05) is 13.8 Å². The Bertz CT molecular complexity index is 906. The molecule has 0 aliphatic heterocycles. The fraction of sp³-hybridized carbons (Fsp3) is 0.450. The van der Waals surface area contributed by atoms with E-state index in [1.54, 1.807) is 6.20 Å². The average Bonchev–Trinajstić information content (AvgIpc) is 3.17. The number of aromatic nitrogens is 4. The lowest BCUT2D eigenvalue weighted by atomic mass is 10.2. The maximum Gasteiger partial charge on any atom is 0.224 e. The first-order chi connectivity index (χ1) is 12.5. The Kier molecular flexibility index (Phi) is 5.40. The lowest BCUT2D eigenvalue weighted by Crippen LogP contribution is -2.12. The number of nitrogens with zero attached hydrogens (tertiary/aromatic N) is 4. The summed E-state index contributed by atoms with van der Waals surface area (Å²) in [4.78, 5) is 21.2. The van der Waals surface area contributed by atoms with E-state index in [1.807, 2.05) is 31.3 Å². The minimum Gasteiger partial charge on any atom is -0.335 e. The van der Waals surface area contributed by atoms with Crippen LogP contribution in [0.15, 0.2) is 30.6 Å². The highest BCUT2D eigenvalue weighted by atomic mass is 16.1. The van der Waals surface area contributed by atoms with Crippen molar-refractivity contribution in [1.82, 2.24) is 19.1 Å². The molecule has 0 atom stereocenters. The van der Waals surface area contributed by atoms with E-state index in [0.717, 1.165) is 47.9 Å². The van der Waals surface area contributed by atoms with Crippen LogP contribution in [0, 0.1) is 6.92 Å². The number of hydrogen-bond donors (Lipinski definition) is 1. The van der Waals surface area contributed by atoms with Crippen molar-refractivity contribution >= 4 is 22.6 Å². The van der Waals surface area contributed by atoms with E-state index in [-0.39, 0.29) is 5.91 Å². The Morgan fingerprint density at radius 2 is 2.12 bits per heavy atom. The molecule has 138 valence electrons. The topological polar surface area (TPSA) is 64.7 Å². The number of benzene rings is 1. The molecule has 3 rings (SSSR count). The van der Waals surface area contributed by atoms with Gasteiger partial charge in [-0.2, -0.15) is 0 Å². The number of fused-ring (bicyclic) bond motifs is 1. The molecule has 6 nitrogen and oxygen atoms in total. The van der Waals surface area contributed by atoms with Gasteiger partial charge in [-0.3, -0.25) is 4.79 Å². The van der Waals surface area contributed by atoms with E-state index >= 15 is 0 Å². The summed E-state index contributed by atoms with van der Waals surface area (Å²) in [5.41, 5.74) is 2.85. The highest BCUT2D eigenvalue weighted by Crippen LogP contribution is 2.24. The smallest absolute Gasteiger partial charge is 0.224 e. The van der Waals surface area contributed by atoms with Crippen molar-refractivity contribution < 1.29 is 4.79 Å². The molecular weight excluding hydrogens is 326 g/mol. The van der Waals surface area contributed by atoms with Crippen molar-refractivity contribution in [2.75, 3.05) is 5.32 Å². The van der Waals surface area contributed by atoms with Crippen molar-refractivity contribution in [2.24, 2.45) is 0 Å². The van der Waals surface area contributed by atoms with Crippen LogP contribution in [0.4, 0.5) is 5.69 Å². The molecule has 1 aromatic carbocycles. The highest BCUT2D eigenvalue weighted by Gasteiger charge is 2.13. The Balaban J connectivity index is 1.65. The summed E-state index contributed by atoms with van der Waals surface area (Å²) in [6.07, 6.45) is 4.99. The maximum absolute atomic E-state index is 12.2. The summed E-state index contributed by atoms with van der Waals surface area (Å²) in [6.45, 7) is 10.1. The third-order valence-electron chi connectivity index (χ3n) is 4.62. The number of amides is 1. The van der Waals surface area contributed by atoms with Gasteiger partial charge >= 0.3 is 0 Å². The van der Waals surface area contributed by atoms with Gasteiger partial charge in [0.05, 0.1) is 11.0 Å². The van der Waals surface area contributed by atoms with E-state index in [9.17, 15) is 4.79 Å². The van der Waals surface area contributed by atoms with Gasteiger partial charge in [0.2, 0.25) is 5.91 Å². The van der Waals surface area contributed by atoms with Gasteiger partial charge in [-0.15, -0.1) is 0 Å². The van der Waals surface area contributed by atoms with E-state index in [2.05, 4.69) is 40.2 Å². The normalized spacial score (nSPS) is 11.4. The summed E-state index contributed by atoms with van der Waals surface area (Å²) in [6, 6.07) is 5.96. The van der Waals surface area contributed by atoms with Crippen molar-refractivity contribution in [1.29, 1.82) is 0 Å². The lowest BCUT2D eigenvalue weighted by Gasteiger charge is -2.09. The molecule has 2 aromatic heterocycles. The van der Waals surface area contributed by atoms with Crippen LogP contribution in [0.25, 0.3) is 11.0 Å². The van der Waals surface area contributed by atoms with Gasteiger partial charge in [0.25, 0.3) is 0 Å². The number of carbonyl (C=O) groups is 1. The fourth-order valence-electron chi connectivity index (χ4n) is 3.27. The van der Waals surface area contributed by atoms with Gasteiger partial charge in [0.1, 0.15) is 11.6 Å². The van der Waals surface area contributed by atoms with Crippen LogP contribution in [-0.2, 0) is 17.9 Å². The monoisotopic (exact) mass is 353 g/mol. The number of carbonyl (C=O) groups excluding carboxylic acids is 1. The quantitative estimate of drug-likeness (QED) is 0.695. The van der Waals surface area contributed by atoms with E-state index < -0.39 is 0 Å². The predicted octanol–water partition coefficient (Wildman–Crippen LogP) is 4.10. The van der Waals surface area contributed by atoms with Crippen LogP contribution in [0.1, 0.15) is 51.2 Å². The van der Waals surface area contributed by atoms with E-state index in [4.69, 9.17) is 4.98 Å². The standard InChI is InChI=1S/C20H27N5O/c1-5-25-18-9-8-16(13-17(18)23-20(25)14(2)3)22-19(26)7-6-11-24-12-10-21-15(24)4/h8-10,12-14H,5-7,11H2,1-4H3,(H,22,26). The fourth-order valence-corrected chi connectivity index (χ4v) is 3.27. The first kappa shape index (κ1) is 18.2. The molecule has 0 radical (unpaired) electrons. The number of aryl methyl sites for hydroxylation is 3. The third kappa shape index (κ3) is 3.79. The Morgan fingerprint density at radius 3 is 2.77 bits per heavy atom. The molecule has 3 aromatic rings. The zero-order valence-electron chi connectivity index (χ0n) is 16.0. The molecule has 1 amide bonds. The Morgan fingerprint density at radius 1 is 1.31 bits per heavy atom. The van der Waals surface area contributed by atoms with Crippen LogP contribution < -0.4 is 5.32 Å². The first-order valence-corrected chi connectivity index (χ1v) is 9.27. The lowest BCUT2D eigenvalue weighted by molar-refractivity contribution is -0.116. The van der Waals surface area contributed by atoms with Crippen molar-refractivity contribution in [3.8, 4) is 0 Å². The van der Waals surface area contributed by atoms with E-state index in [1.165, 1.54) is 0 Å². The summed E-state index contributed by atoms with van der Waals surface area (Å²) in [7, 11) is 0. The second-order valence-electron chi connectivity index (χ2n) is 6.89. The van der Waals surface area contributed by atoms with Crippen LogP contribution in [0.3, 0.4) is 0 Å². The number of nitrogens with one attached hydrogen (secondary N) is 1. The SMILES string of the molecule is CCn1c(C(C)C)nc2cc(NC(=O)CCCn3ccnc3C)ccc21. The second kappa shape index (κ2) is 7.72. The molecule has 1 N–H and O–H groups in total. The third-order valence-corrected chi connectivity index (χ3v) is 4.62. The van der Waals surface area contributed by atoms with Crippen LogP contribution in [0.2, 0.25) is 0 Å². The van der Waals surface area contributed by atoms with Crippen molar-refractivity contribution in [2.45, 2.75) is 59.5 Å². The summed E-state index contributed by atoms with van der Waals surface area (Å²) in [5, 5.41) is 2.99. The van der Waals surface area contributed by atoms with Crippen molar-refractivity contribution in [3.63, 3.8) is 0 Å². The average molecular weight is 353 g/mol. The minimum atomic E-state index is 0.0288. The zero-order valence-corrected chi connectivity index (χ0v) is 16.0. The van der Waals surface area contributed by atoms with Gasteiger partial charge in [-0.25, -0.2) is 9.97 Å². The molecule has 0 unspecified atom stereocenters. The van der Waals surface area contributed by atoms with Crippen LogP contribution in [0.5, 0.6) is 0 Å². The summed E-state index contributed by atoms with van der Waals surface area (Å²) in [5.74, 6) is 2.46. The van der Waals surface area contributed by atoms with Gasteiger partial charge in [-0.05, 0) is 38.5 Å². The number of hydrogen-bond acceptors (Lipinski definition) is 3. The number of imidazole rings is 2. The molecule has 26 heavy (non-hydrogen) atoms. The van der Waals surface area contributed by atoms with Crippen molar-refractivity contribution in [3.05, 3.63) is 42.2 Å². The number of rotatable bonds is 7. The molecule has 0 aliphatic rings. The van der Waals surface area contributed by atoms with E-state index in [0.29, 0.717) is 12.3 Å². The minimum absolute atomic E-state index is 0.0288. The highest BCUT2D eigenvalue weighted by molar-refractivity contribution is 5.93. The molecule has 0 spiro atoms. The Hall–Kier alpha value is -2.63. The molecule has 0 saturated carbocycles. The molecule has 0 saturated heterocycles. The van der Waals surface area contributed by atoms with Gasteiger partial charge < -0.3 is 14.5 Å². The molecule has 0 fully saturated rings. The number of anilines is 1. The molecule has 6 heteroatoms. The Labute approximate surface area is 154 Å². The van der Waals surface area contributed by atoms with Gasteiger partial charge in [0, 0.05) is 43.5 Å². The maximum atomic E-state index is 12.2. The second-order valence-corrected chi connectivity index (χ2v) is 6.89. The van der Waals surface area contributed by atoms with Crippen LogP contribution in [-0.4, -0.2) is 25.0 Å². The molecule has 0 aliphatic carbocycles. The predicted molar refractivity (Wildman–Crippen MR) is 104 cm³/mol. The zero-order chi connectivity index (χ0) is 18.7. The summed E-state index contributed by atoms with van der Waals surface area (Å²) >= 11 is 0. The molecule has 0 bridgehead atoms. The van der Waals surface area contributed by atoms with Gasteiger partial charge in [0.15, 0.2) is 0 Å². The first-order valence-electron chi connectivity index (χ1n) is 9.27.